The van der Waals surface area contributed by atoms with E-state index in [4.69, 9.17) is 4.74 Å². The monoisotopic (exact) mass is 423 g/mol. The third kappa shape index (κ3) is 5.55. The zero-order valence-electron chi connectivity index (χ0n) is 17.5. The van der Waals surface area contributed by atoms with Gasteiger partial charge in [-0.15, -0.1) is 0 Å². The van der Waals surface area contributed by atoms with E-state index in [9.17, 15) is 19.5 Å². The van der Waals surface area contributed by atoms with Crippen LogP contribution in [-0.4, -0.2) is 53.7 Å². The lowest BCUT2D eigenvalue weighted by Gasteiger charge is -2.36. The summed E-state index contributed by atoms with van der Waals surface area (Å²) in [5.74, 6) is -1.75. The Morgan fingerprint density at radius 2 is 2.06 bits per heavy atom. The molecule has 2 amide bonds. The average molecular weight is 423 g/mol. The maximum Gasteiger partial charge on any atom is 0.335 e. The van der Waals surface area contributed by atoms with Crippen LogP contribution in [0.5, 0.6) is 0 Å². The number of nitrogens with zero attached hydrogens (tertiary/aromatic N) is 3. The number of benzene rings is 1. The molecule has 0 saturated carbocycles. The number of carbonyl (C=O) groups excluding carboxylic acids is 2. The van der Waals surface area contributed by atoms with Crippen LogP contribution in [0.3, 0.4) is 0 Å². The van der Waals surface area contributed by atoms with E-state index in [0.717, 1.165) is 5.56 Å². The fourth-order valence-electron chi connectivity index (χ4n) is 3.26. The van der Waals surface area contributed by atoms with Gasteiger partial charge in [-0.1, -0.05) is 6.07 Å². The summed E-state index contributed by atoms with van der Waals surface area (Å²) >= 11 is 0. The van der Waals surface area contributed by atoms with Crippen molar-refractivity contribution in [3.8, 4) is 0 Å². The van der Waals surface area contributed by atoms with Crippen LogP contribution in [0.1, 0.15) is 36.2 Å². The molecule has 0 radical (unpaired) electrons. The zero-order chi connectivity index (χ0) is 22.4. The van der Waals surface area contributed by atoms with Crippen LogP contribution < -0.4 is 9.80 Å². The Hall–Kier alpha value is -3.52. The molecule has 1 aromatic heterocycles. The highest BCUT2D eigenvalue weighted by atomic mass is 16.5. The number of aromatic nitrogens is 1. The molecule has 0 bridgehead atoms. The number of anilines is 2. The van der Waals surface area contributed by atoms with Gasteiger partial charge in [0.25, 0.3) is 5.91 Å². The number of pyridine rings is 1. The number of aromatic carboxylic acids is 1. The largest absolute Gasteiger partial charge is 0.478 e. The van der Waals surface area contributed by atoms with E-state index < -0.39 is 11.9 Å². The fraction of sp³-hybridized carbons (Fsp3) is 0.304. The van der Waals surface area contributed by atoms with Gasteiger partial charge in [0.05, 0.1) is 23.0 Å². The fourth-order valence-corrected chi connectivity index (χ4v) is 3.26. The Balaban J connectivity index is 1.87. The van der Waals surface area contributed by atoms with Crippen molar-refractivity contribution in [2.45, 2.75) is 26.4 Å². The minimum absolute atomic E-state index is 0.0465. The van der Waals surface area contributed by atoms with E-state index in [1.165, 1.54) is 23.1 Å². The number of hydrogen-bond donors (Lipinski definition) is 1. The van der Waals surface area contributed by atoms with Crippen molar-refractivity contribution in [2.24, 2.45) is 0 Å². The van der Waals surface area contributed by atoms with Crippen LogP contribution in [0.15, 0.2) is 48.8 Å². The SMILES string of the molecule is CC(C)OCCCN1C(=O)CN(C(=O)/C=C/c2cccnc2)c2cc(C(=O)O)ccc21. The zero-order valence-corrected chi connectivity index (χ0v) is 17.5. The second kappa shape index (κ2) is 9.99. The molecule has 0 fully saturated rings. The molecule has 2 aromatic rings. The second-order valence-corrected chi connectivity index (χ2v) is 7.37. The molecular formula is C23H25N3O5. The molecule has 2 heterocycles. The number of fused-ring (bicyclic) bond motifs is 1. The van der Waals surface area contributed by atoms with Crippen molar-refractivity contribution < 1.29 is 24.2 Å². The number of amides is 2. The minimum atomic E-state index is -1.10. The Bertz CT molecular complexity index is 988. The molecule has 8 heteroatoms. The molecule has 0 unspecified atom stereocenters. The van der Waals surface area contributed by atoms with Crippen LogP contribution in [0.2, 0.25) is 0 Å². The van der Waals surface area contributed by atoms with E-state index >= 15 is 0 Å². The molecule has 1 aliphatic heterocycles. The molecule has 8 nitrogen and oxygen atoms in total. The van der Waals surface area contributed by atoms with Gasteiger partial charge in [-0.3, -0.25) is 19.5 Å². The number of ether oxygens (including phenoxy) is 1. The molecule has 0 saturated heterocycles. The number of hydrogen-bond acceptors (Lipinski definition) is 5. The van der Waals surface area contributed by atoms with Gasteiger partial charge >= 0.3 is 5.97 Å². The lowest BCUT2D eigenvalue weighted by atomic mass is 10.1. The predicted molar refractivity (Wildman–Crippen MR) is 117 cm³/mol. The Morgan fingerprint density at radius 1 is 1.26 bits per heavy atom. The van der Waals surface area contributed by atoms with Gasteiger partial charge < -0.3 is 14.7 Å². The highest BCUT2D eigenvalue weighted by molar-refractivity contribution is 6.15. The van der Waals surface area contributed by atoms with E-state index in [0.29, 0.717) is 30.9 Å². The Kier molecular flexibility index (Phi) is 7.15. The lowest BCUT2D eigenvalue weighted by molar-refractivity contribution is -0.120. The lowest BCUT2D eigenvalue weighted by Crippen LogP contribution is -2.48. The van der Waals surface area contributed by atoms with E-state index in [1.807, 2.05) is 13.8 Å². The first-order valence-electron chi connectivity index (χ1n) is 10.1. The third-order valence-corrected chi connectivity index (χ3v) is 4.74. The molecule has 1 N–H and O–H groups in total. The quantitative estimate of drug-likeness (QED) is 0.518. The Labute approximate surface area is 180 Å². The van der Waals surface area contributed by atoms with Crippen LogP contribution in [0, 0.1) is 0 Å². The van der Waals surface area contributed by atoms with Crippen LogP contribution in [0.4, 0.5) is 11.4 Å². The summed E-state index contributed by atoms with van der Waals surface area (Å²) in [6, 6.07) is 7.99. The topological polar surface area (TPSA) is 100 Å². The number of carbonyl (C=O) groups is 3. The van der Waals surface area contributed by atoms with E-state index in [2.05, 4.69) is 4.98 Å². The van der Waals surface area contributed by atoms with Crippen molar-refractivity contribution in [2.75, 3.05) is 29.5 Å². The van der Waals surface area contributed by atoms with Crippen LogP contribution >= 0.6 is 0 Å². The average Bonchev–Trinajstić information content (AvgIpc) is 2.76. The van der Waals surface area contributed by atoms with Crippen molar-refractivity contribution >= 4 is 35.2 Å². The maximum atomic E-state index is 12.9. The number of carboxylic acids is 1. The van der Waals surface area contributed by atoms with Crippen LogP contribution in [-0.2, 0) is 14.3 Å². The predicted octanol–water partition coefficient (Wildman–Crippen LogP) is 2.99. The van der Waals surface area contributed by atoms with Gasteiger partial charge in [-0.05, 0) is 56.2 Å². The maximum absolute atomic E-state index is 12.9. The van der Waals surface area contributed by atoms with E-state index in [-0.39, 0.29) is 24.1 Å². The molecule has 31 heavy (non-hydrogen) atoms. The summed E-state index contributed by atoms with van der Waals surface area (Å²) in [7, 11) is 0. The molecule has 1 aliphatic rings. The van der Waals surface area contributed by atoms with Crippen LogP contribution in [0.25, 0.3) is 6.08 Å². The van der Waals surface area contributed by atoms with Gasteiger partial charge in [0, 0.05) is 31.6 Å². The summed E-state index contributed by atoms with van der Waals surface area (Å²) in [5, 5.41) is 9.39. The van der Waals surface area contributed by atoms with Gasteiger partial charge in [-0.25, -0.2) is 4.79 Å². The van der Waals surface area contributed by atoms with Crippen molar-refractivity contribution in [3.05, 3.63) is 59.9 Å². The molecule has 0 atom stereocenters. The van der Waals surface area contributed by atoms with E-state index in [1.54, 1.807) is 41.6 Å². The summed E-state index contributed by atoms with van der Waals surface area (Å²) in [6.07, 6.45) is 6.93. The molecule has 3 rings (SSSR count). The highest BCUT2D eigenvalue weighted by Gasteiger charge is 2.32. The Morgan fingerprint density at radius 3 is 2.74 bits per heavy atom. The second-order valence-electron chi connectivity index (χ2n) is 7.37. The standard InChI is InChI=1S/C23H25N3O5/c1-16(2)31-12-4-11-25-19-8-7-18(23(29)30)13-20(19)26(15-22(25)28)21(27)9-6-17-5-3-10-24-14-17/h3,5-10,13-14,16H,4,11-12,15H2,1-2H3,(H,29,30)/b9-6+. The minimum Gasteiger partial charge on any atom is -0.478 e. The van der Waals surface area contributed by atoms with Gasteiger partial charge in [0.1, 0.15) is 6.54 Å². The van der Waals surface area contributed by atoms with Crippen molar-refractivity contribution in [1.82, 2.24) is 4.98 Å². The van der Waals surface area contributed by atoms with Gasteiger partial charge in [0.2, 0.25) is 5.91 Å². The summed E-state index contributed by atoms with van der Waals surface area (Å²) < 4.78 is 5.55. The van der Waals surface area contributed by atoms with Gasteiger partial charge in [-0.2, -0.15) is 0 Å². The highest BCUT2D eigenvalue weighted by Crippen LogP contribution is 2.35. The molecule has 1 aromatic carbocycles. The molecular weight excluding hydrogens is 398 g/mol. The first-order valence-corrected chi connectivity index (χ1v) is 10.1. The summed E-state index contributed by atoms with van der Waals surface area (Å²) in [4.78, 5) is 44.1. The molecule has 162 valence electrons. The normalized spacial score (nSPS) is 13.7. The third-order valence-electron chi connectivity index (χ3n) is 4.74. The summed E-state index contributed by atoms with van der Waals surface area (Å²) in [6.45, 7) is 4.63. The van der Waals surface area contributed by atoms with Crippen molar-refractivity contribution in [1.29, 1.82) is 0 Å². The van der Waals surface area contributed by atoms with Gasteiger partial charge in [0.15, 0.2) is 0 Å². The first kappa shape index (κ1) is 22.2. The summed E-state index contributed by atoms with van der Waals surface area (Å²) in [5.41, 5.74) is 1.69. The number of rotatable bonds is 8. The molecule has 0 spiro atoms. The van der Waals surface area contributed by atoms with Crippen molar-refractivity contribution in [3.63, 3.8) is 0 Å². The number of carboxylic acid groups (broad SMARTS) is 1. The molecule has 0 aliphatic carbocycles. The first-order chi connectivity index (χ1) is 14.9. The smallest absolute Gasteiger partial charge is 0.335 e.